The molecule has 2 amide bonds. The summed E-state index contributed by atoms with van der Waals surface area (Å²) in [5.41, 5.74) is 1.56. The van der Waals surface area contributed by atoms with Gasteiger partial charge in [0.2, 0.25) is 0 Å². The highest BCUT2D eigenvalue weighted by Crippen LogP contribution is 2.32. The number of carbonyl (C=O) groups is 2. The van der Waals surface area contributed by atoms with E-state index in [1.807, 2.05) is 59.5 Å². The molecule has 0 bridgehead atoms. The molecule has 2 fully saturated rings. The Balaban J connectivity index is 1.20. The number of hydrogen-bond donors (Lipinski definition) is 0. The van der Waals surface area contributed by atoms with Crippen molar-refractivity contribution in [3.63, 3.8) is 0 Å². The topological polar surface area (TPSA) is 80.6 Å². The monoisotopic (exact) mass is 473 g/mol. The lowest BCUT2D eigenvalue weighted by molar-refractivity contribution is -0.135. The number of benzene rings is 2. The van der Waals surface area contributed by atoms with Crippen molar-refractivity contribution < 1.29 is 14.3 Å². The molecule has 3 heterocycles. The Labute approximate surface area is 205 Å². The molecule has 0 spiro atoms. The predicted octanol–water partition coefficient (Wildman–Crippen LogP) is 3.58. The van der Waals surface area contributed by atoms with E-state index < -0.39 is 0 Å². The van der Waals surface area contributed by atoms with Gasteiger partial charge in [0.15, 0.2) is 6.61 Å². The van der Waals surface area contributed by atoms with Gasteiger partial charge in [-0.2, -0.15) is 0 Å². The van der Waals surface area contributed by atoms with E-state index in [4.69, 9.17) is 4.74 Å². The normalized spacial score (nSPS) is 18.9. The van der Waals surface area contributed by atoms with Gasteiger partial charge in [-0.1, -0.05) is 24.3 Å². The summed E-state index contributed by atoms with van der Waals surface area (Å²) in [4.78, 5) is 30.2. The Hall–Kier alpha value is -3.68. The Morgan fingerprint density at radius 1 is 0.886 bits per heavy atom. The van der Waals surface area contributed by atoms with Crippen LogP contribution in [0.1, 0.15) is 42.5 Å². The summed E-state index contributed by atoms with van der Waals surface area (Å²) in [6, 6.07) is 17.3. The van der Waals surface area contributed by atoms with Crippen LogP contribution >= 0.6 is 0 Å². The average Bonchev–Trinajstić information content (AvgIpc) is 3.47. The van der Waals surface area contributed by atoms with Gasteiger partial charge in [0, 0.05) is 36.9 Å². The molecule has 2 aliphatic heterocycles. The van der Waals surface area contributed by atoms with Gasteiger partial charge in [0.05, 0.1) is 0 Å². The Morgan fingerprint density at radius 2 is 1.66 bits per heavy atom. The Morgan fingerprint density at radius 3 is 2.43 bits per heavy atom. The van der Waals surface area contributed by atoms with Crippen LogP contribution in [0.25, 0.3) is 5.69 Å². The molecule has 1 atom stereocenters. The summed E-state index contributed by atoms with van der Waals surface area (Å²) in [5.74, 6) is 1.22. The van der Waals surface area contributed by atoms with Gasteiger partial charge < -0.3 is 14.5 Å². The smallest absolute Gasteiger partial charge is 0.260 e. The van der Waals surface area contributed by atoms with Crippen LogP contribution in [0.5, 0.6) is 5.75 Å². The first-order valence-electron chi connectivity index (χ1n) is 12.4. The van der Waals surface area contributed by atoms with Gasteiger partial charge >= 0.3 is 0 Å². The first kappa shape index (κ1) is 23.1. The molecular weight excluding hydrogens is 442 g/mol. The van der Waals surface area contributed by atoms with E-state index in [2.05, 4.69) is 15.1 Å². The van der Waals surface area contributed by atoms with Crippen molar-refractivity contribution in [2.45, 2.75) is 38.1 Å². The number of likely N-dealkylation sites (tertiary alicyclic amines) is 2. The number of rotatable bonds is 6. The predicted molar refractivity (Wildman–Crippen MR) is 131 cm³/mol. The number of amides is 2. The lowest BCUT2D eigenvalue weighted by Gasteiger charge is -2.43. The lowest BCUT2D eigenvalue weighted by atomic mass is 9.83. The average molecular weight is 474 g/mol. The van der Waals surface area contributed by atoms with Crippen molar-refractivity contribution in [2.24, 2.45) is 5.92 Å². The molecule has 1 unspecified atom stereocenters. The van der Waals surface area contributed by atoms with Crippen LogP contribution < -0.4 is 4.74 Å². The third-order valence-electron chi connectivity index (χ3n) is 7.16. The van der Waals surface area contributed by atoms with Crippen LogP contribution in [0.15, 0.2) is 67.3 Å². The summed E-state index contributed by atoms with van der Waals surface area (Å²) >= 11 is 0. The first-order valence-corrected chi connectivity index (χ1v) is 12.4. The maximum Gasteiger partial charge on any atom is 0.260 e. The van der Waals surface area contributed by atoms with Gasteiger partial charge in [-0.05, 0) is 68.4 Å². The van der Waals surface area contributed by atoms with E-state index in [1.165, 1.54) is 0 Å². The second-order valence-corrected chi connectivity index (χ2v) is 9.30. The summed E-state index contributed by atoms with van der Waals surface area (Å²) in [7, 11) is 0. The molecule has 1 aromatic heterocycles. The highest BCUT2D eigenvalue weighted by molar-refractivity contribution is 5.95. The summed E-state index contributed by atoms with van der Waals surface area (Å²) in [6.45, 7) is 2.27. The number of carbonyl (C=O) groups excluding carboxylic acids is 2. The highest BCUT2D eigenvalue weighted by Gasteiger charge is 2.36. The molecule has 0 aliphatic carbocycles. The van der Waals surface area contributed by atoms with Crippen molar-refractivity contribution in [3.8, 4) is 11.4 Å². The third kappa shape index (κ3) is 5.37. The van der Waals surface area contributed by atoms with E-state index in [9.17, 15) is 9.59 Å². The van der Waals surface area contributed by atoms with Gasteiger partial charge in [-0.3, -0.25) is 14.2 Å². The SMILES string of the molecule is O=C(COc1ccccc1)N1CCC(C2CCCCN2C(=O)c2cccc(-n3cnnc3)c2)CC1. The Bertz CT molecular complexity index is 1130. The van der Waals surface area contributed by atoms with Crippen LogP contribution in [0.3, 0.4) is 0 Å². The van der Waals surface area contributed by atoms with Crippen molar-refractivity contribution in [1.82, 2.24) is 24.6 Å². The number of piperidine rings is 2. The minimum absolute atomic E-state index is 0.0229. The summed E-state index contributed by atoms with van der Waals surface area (Å²) in [6.07, 6.45) is 8.27. The second-order valence-electron chi connectivity index (χ2n) is 9.30. The fourth-order valence-corrected chi connectivity index (χ4v) is 5.29. The minimum atomic E-state index is 0.0229. The molecule has 0 radical (unpaired) electrons. The first-order chi connectivity index (χ1) is 17.2. The molecule has 2 aliphatic rings. The number of aromatic nitrogens is 3. The zero-order chi connectivity index (χ0) is 24.0. The molecule has 5 rings (SSSR count). The zero-order valence-electron chi connectivity index (χ0n) is 19.8. The number of ether oxygens (including phenoxy) is 1. The fraction of sp³-hybridized carbons (Fsp3) is 0.407. The maximum atomic E-state index is 13.6. The molecule has 2 saturated heterocycles. The van der Waals surface area contributed by atoms with Gasteiger partial charge in [-0.15, -0.1) is 10.2 Å². The number of para-hydroxylation sites is 1. The van der Waals surface area contributed by atoms with Crippen LogP contribution in [0, 0.1) is 5.92 Å². The molecular formula is C27H31N5O3. The van der Waals surface area contributed by atoms with Crippen molar-refractivity contribution in [1.29, 1.82) is 0 Å². The Kier molecular flexibility index (Phi) is 7.07. The molecule has 182 valence electrons. The van der Waals surface area contributed by atoms with Crippen LogP contribution in [-0.4, -0.2) is 68.7 Å². The van der Waals surface area contributed by atoms with E-state index in [-0.39, 0.29) is 24.5 Å². The lowest BCUT2D eigenvalue weighted by Crippen LogP contribution is -2.51. The molecule has 3 aromatic rings. The van der Waals surface area contributed by atoms with E-state index in [0.717, 1.165) is 44.3 Å². The van der Waals surface area contributed by atoms with Crippen LogP contribution in [0.4, 0.5) is 0 Å². The largest absolute Gasteiger partial charge is 0.484 e. The standard InChI is InChI=1S/C27H31N5O3/c33-26(18-35-24-9-2-1-3-10-24)30-15-12-21(13-16-30)25-11-4-5-14-32(25)27(34)22-7-6-8-23(17-22)31-19-28-29-20-31/h1-3,6-10,17,19-21,25H,4-5,11-16,18H2. The highest BCUT2D eigenvalue weighted by atomic mass is 16.5. The zero-order valence-corrected chi connectivity index (χ0v) is 19.8. The minimum Gasteiger partial charge on any atom is -0.484 e. The van der Waals surface area contributed by atoms with Gasteiger partial charge in [0.25, 0.3) is 11.8 Å². The van der Waals surface area contributed by atoms with Gasteiger partial charge in [-0.25, -0.2) is 0 Å². The number of nitrogens with zero attached hydrogens (tertiary/aromatic N) is 5. The quantitative estimate of drug-likeness (QED) is 0.547. The van der Waals surface area contributed by atoms with Crippen molar-refractivity contribution >= 4 is 11.8 Å². The van der Waals surface area contributed by atoms with Gasteiger partial charge in [0.1, 0.15) is 18.4 Å². The van der Waals surface area contributed by atoms with Crippen LogP contribution in [0.2, 0.25) is 0 Å². The maximum absolute atomic E-state index is 13.6. The molecule has 8 nitrogen and oxygen atoms in total. The fourth-order valence-electron chi connectivity index (χ4n) is 5.29. The van der Waals surface area contributed by atoms with Crippen LogP contribution in [-0.2, 0) is 4.79 Å². The third-order valence-corrected chi connectivity index (χ3v) is 7.16. The molecule has 8 heteroatoms. The van der Waals surface area contributed by atoms with E-state index >= 15 is 0 Å². The van der Waals surface area contributed by atoms with E-state index in [1.54, 1.807) is 17.2 Å². The molecule has 0 N–H and O–H groups in total. The molecule has 35 heavy (non-hydrogen) atoms. The summed E-state index contributed by atoms with van der Waals surface area (Å²) in [5, 5.41) is 7.73. The van der Waals surface area contributed by atoms with Crippen molar-refractivity contribution in [3.05, 3.63) is 72.8 Å². The molecule has 0 saturated carbocycles. The van der Waals surface area contributed by atoms with Crippen molar-refractivity contribution in [2.75, 3.05) is 26.2 Å². The van der Waals surface area contributed by atoms with E-state index in [0.29, 0.717) is 30.3 Å². The number of hydrogen-bond acceptors (Lipinski definition) is 5. The second kappa shape index (κ2) is 10.7. The summed E-state index contributed by atoms with van der Waals surface area (Å²) < 4.78 is 7.45. The molecule has 2 aromatic carbocycles.